The van der Waals surface area contributed by atoms with E-state index in [0.29, 0.717) is 11.3 Å². The number of pyridine rings is 1. The highest BCUT2D eigenvalue weighted by atomic mass is 32.2. The average molecular weight is 375 g/mol. The summed E-state index contributed by atoms with van der Waals surface area (Å²) >= 11 is 1.74. The molecule has 5 nitrogen and oxygen atoms in total. The van der Waals surface area contributed by atoms with E-state index in [0.717, 1.165) is 33.7 Å². The first-order valence-electron chi connectivity index (χ1n) is 8.51. The third-order valence-corrected chi connectivity index (χ3v) is 5.56. The van der Waals surface area contributed by atoms with Gasteiger partial charge in [-0.25, -0.2) is 4.98 Å². The average Bonchev–Trinajstić information content (AvgIpc) is 2.71. The van der Waals surface area contributed by atoms with E-state index in [4.69, 9.17) is 15.6 Å². The van der Waals surface area contributed by atoms with Gasteiger partial charge in [0.05, 0.1) is 12.3 Å². The van der Waals surface area contributed by atoms with Crippen LogP contribution in [0, 0.1) is 11.3 Å². The first kappa shape index (κ1) is 17.4. The lowest BCUT2D eigenvalue weighted by atomic mass is 9.92. The number of hydrogen-bond acceptors (Lipinski definition) is 6. The minimum atomic E-state index is -0.0363. The second kappa shape index (κ2) is 7.31. The largest absolute Gasteiger partial charge is 0.491 e. The fraction of sp³-hybridized carbons (Fsp3) is 0.143. The maximum Gasteiger partial charge on any atom is 0.142 e. The van der Waals surface area contributed by atoms with Crippen LogP contribution >= 0.6 is 11.8 Å². The van der Waals surface area contributed by atoms with Crippen molar-refractivity contribution in [1.82, 2.24) is 4.98 Å². The second-order valence-electron chi connectivity index (χ2n) is 6.07. The summed E-state index contributed by atoms with van der Waals surface area (Å²) in [5, 5.41) is 18.6. The van der Waals surface area contributed by atoms with E-state index in [9.17, 15) is 5.26 Å². The SMILES string of the molecule is N#Cc1c(N)nc2c(c1-c1ccc(OCCO)cc1)CSc1ccccc1-2. The predicted octanol–water partition coefficient (Wildman–Crippen LogP) is 3.85. The summed E-state index contributed by atoms with van der Waals surface area (Å²) in [4.78, 5) is 5.73. The molecule has 0 bridgehead atoms. The van der Waals surface area contributed by atoms with Gasteiger partial charge in [-0.2, -0.15) is 5.26 Å². The maximum atomic E-state index is 9.70. The first-order chi connectivity index (χ1) is 13.2. The number of nitrogens with two attached hydrogens (primary N) is 1. The van der Waals surface area contributed by atoms with E-state index in [1.54, 1.807) is 11.8 Å². The van der Waals surface area contributed by atoms with Gasteiger partial charge < -0.3 is 15.6 Å². The highest BCUT2D eigenvalue weighted by Crippen LogP contribution is 2.46. The summed E-state index contributed by atoms with van der Waals surface area (Å²) in [5.41, 5.74) is 11.2. The second-order valence-corrected chi connectivity index (χ2v) is 7.08. The van der Waals surface area contributed by atoms with Crippen molar-refractivity contribution in [3.05, 3.63) is 59.7 Å². The molecule has 0 aliphatic carbocycles. The summed E-state index contributed by atoms with van der Waals surface area (Å²) < 4.78 is 5.43. The zero-order valence-electron chi connectivity index (χ0n) is 14.5. The van der Waals surface area contributed by atoms with Crippen LogP contribution in [0.2, 0.25) is 0 Å². The molecule has 1 aliphatic heterocycles. The van der Waals surface area contributed by atoms with Gasteiger partial charge in [-0.3, -0.25) is 0 Å². The summed E-state index contributed by atoms with van der Waals surface area (Å²) in [5.74, 6) is 1.64. The smallest absolute Gasteiger partial charge is 0.142 e. The number of nitrogen functional groups attached to an aromatic ring is 1. The summed E-state index contributed by atoms with van der Waals surface area (Å²) in [6.07, 6.45) is 0. The molecule has 0 saturated heterocycles. The minimum absolute atomic E-state index is 0.0363. The molecule has 2 heterocycles. The molecule has 6 heteroatoms. The zero-order chi connectivity index (χ0) is 18.8. The van der Waals surface area contributed by atoms with Crippen LogP contribution in [0.25, 0.3) is 22.4 Å². The van der Waals surface area contributed by atoms with Crippen LogP contribution in [-0.4, -0.2) is 23.3 Å². The number of aliphatic hydroxyl groups excluding tert-OH is 1. The van der Waals surface area contributed by atoms with Gasteiger partial charge in [0.1, 0.15) is 29.8 Å². The fourth-order valence-electron chi connectivity index (χ4n) is 3.26. The van der Waals surface area contributed by atoms with Crippen LogP contribution < -0.4 is 10.5 Å². The Balaban J connectivity index is 1.88. The Morgan fingerprint density at radius 2 is 1.96 bits per heavy atom. The number of aliphatic hydroxyl groups is 1. The van der Waals surface area contributed by atoms with E-state index in [1.807, 2.05) is 42.5 Å². The van der Waals surface area contributed by atoms with Crippen LogP contribution in [0.1, 0.15) is 11.1 Å². The number of benzene rings is 2. The van der Waals surface area contributed by atoms with Crippen molar-refractivity contribution in [1.29, 1.82) is 5.26 Å². The number of hydrogen-bond donors (Lipinski definition) is 2. The van der Waals surface area contributed by atoms with Crippen LogP contribution in [0.4, 0.5) is 5.82 Å². The normalized spacial score (nSPS) is 12.0. The number of rotatable bonds is 4. The molecule has 0 atom stereocenters. The quantitative estimate of drug-likeness (QED) is 0.720. The third kappa shape index (κ3) is 3.12. The Labute approximate surface area is 161 Å². The lowest BCUT2D eigenvalue weighted by Gasteiger charge is -2.23. The molecule has 4 rings (SSSR count). The Morgan fingerprint density at radius 1 is 1.19 bits per heavy atom. The molecule has 1 aromatic heterocycles. The number of thioether (sulfide) groups is 1. The topological polar surface area (TPSA) is 92.2 Å². The number of anilines is 1. The maximum absolute atomic E-state index is 9.70. The molecule has 27 heavy (non-hydrogen) atoms. The molecule has 0 fully saturated rings. The number of nitrogens with zero attached hydrogens (tertiary/aromatic N) is 2. The number of aromatic nitrogens is 1. The monoisotopic (exact) mass is 375 g/mol. The van der Waals surface area contributed by atoms with Crippen molar-refractivity contribution in [2.45, 2.75) is 10.6 Å². The Kier molecular flexibility index (Phi) is 4.71. The lowest BCUT2D eigenvalue weighted by molar-refractivity contribution is 0.201. The van der Waals surface area contributed by atoms with E-state index < -0.39 is 0 Å². The molecule has 0 spiro atoms. The van der Waals surface area contributed by atoms with Crippen molar-refractivity contribution in [2.75, 3.05) is 18.9 Å². The molecule has 0 unspecified atom stereocenters. The molecular formula is C21H17N3O2S. The van der Waals surface area contributed by atoms with Gasteiger partial charge in [-0.15, -0.1) is 11.8 Å². The Hall–Kier alpha value is -3.01. The number of ether oxygens (including phenoxy) is 1. The van der Waals surface area contributed by atoms with Gasteiger partial charge in [0.2, 0.25) is 0 Å². The molecule has 1 aliphatic rings. The zero-order valence-corrected chi connectivity index (χ0v) is 15.3. The van der Waals surface area contributed by atoms with Gasteiger partial charge in [0.15, 0.2) is 0 Å². The fourth-order valence-corrected chi connectivity index (χ4v) is 4.33. The first-order valence-corrected chi connectivity index (χ1v) is 9.50. The third-order valence-electron chi connectivity index (χ3n) is 4.46. The van der Waals surface area contributed by atoms with Gasteiger partial charge in [0.25, 0.3) is 0 Å². The van der Waals surface area contributed by atoms with Gasteiger partial charge in [-0.1, -0.05) is 30.3 Å². The number of nitriles is 1. The van der Waals surface area contributed by atoms with E-state index in [2.05, 4.69) is 17.1 Å². The van der Waals surface area contributed by atoms with Crippen molar-refractivity contribution in [3.63, 3.8) is 0 Å². The Bertz CT molecular complexity index is 1040. The highest BCUT2D eigenvalue weighted by molar-refractivity contribution is 7.98. The van der Waals surface area contributed by atoms with Crippen molar-refractivity contribution < 1.29 is 9.84 Å². The standard InChI is InChI=1S/C21H17N3O2S/c22-11-16-19(13-5-7-14(8-6-13)26-10-9-25)17-12-27-18-4-2-1-3-15(18)20(17)24-21(16)23/h1-8,25H,9-10,12H2,(H2,23,24). The minimum Gasteiger partial charge on any atom is -0.491 e. The van der Waals surface area contributed by atoms with E-state index in [1.165, 1.54) is 4.90 Å². The van der Waals surface area contributed by atoms with Gasteiger partial charge in [0, 0.05) is 21.8 Å². The van der Waals surface area contributed by atoms with Crippen LogP contribution in [0.3, 0.4) is 0 Å². The molecule has 0 radical (unpaired) electrons. The predicted molar refractivity (Wildman–Crippen MR) is 106 cm³/mol. The molecule has 0 saturated carbocycles. The van der Waals surface area contributed by atoms with Gasteiger partial charge in [-0.05, 0) is 29.3 Å². The molecule has 134 valence electrons. The molecule has 0 amide bonds. The van der Waals surface area contributed by atoms with Crippen molar-refractivity contribution in [2.24, 2.45) is 0 Å². The molecule has 3 N–H and O–H groups in total. The summed E-state index contributed by atoms with van der Waals surface area (Å²) in [6.45, 7) is 0.208. The summed E-state index contributed by atoms with van der Waals surface area (Å²) in [6, 6.07) is 17.8. The van der Waals surface area contributed by atoms with Gasteiger partial charge >= 0.3 is 0 Å². The Morgan fingerprint density at radius 3 is 2.70 bits per heavy atom. The lowest BCUT2D eigenvalue weighted by Crippen LogP contribution is -2.08. The van der Waals surface area contributed by atoms with Crippen LogP contribution in [0.15, 0.2) is 53.4 Å². The van der Waals surface area contributed by atoms with Crippen molar-refractivity contribution >= 4 is 17.6 Å². The van der Waals surface area contributed by atoms with E-state index >= 15 is 0 Å². The molecule has 3 aromatic rings. The molecular weight excluding hydrogens is 358 g/mol. The van der Waals surface area contributed by atoms with Crippen LogP contribution in [-0.2, 0) is 5.75 Å². The van der Waals surface area contributed by atoms with Crippen molar-refractivity contribution in [3.8, 4) is 34.2 Å². The number of fused-ring (bicyclic) bond motifs is 3. The molecule has 2 aromatic carbocycles. The summed E-state index contributed by atoms with van der Waals surface area (Å²) in [7, 11) is 0. The highest BCUT2D eigenvalue weighted by Gasteiger charge is 2.25. The van der Waals surface area contributed by atoms with Crippen LogP contribution in [0.5, 0.6) is 5.75 Å². The van der Waals surface area contributed by atoms with E-state index in [-0.39, 0.29) is 19.0 Å².